The minimum absolute atomic E-state index is 0.129. The Kier molecular flexibility index (Phi) is 6.41. The van der Waals surface area contributed by atoms with Gasteiger partial charge >= 0.3 is 0 Å². The fourth-order valence-electron chi connectivity index (χ4n) is 3.65. The molecule has 0 bridgehead atoms. The summed E-state index contributed by atoms with van der Waals surface area (Å²) >= 11 is 4.82. The Morgan fingerprint density at radius 1 is 0.917 bits per heavy atom. The van der Waals surface area contributed by atoms with Crippen LogP contribution in [-0.2, 0) is 18.9 Å². The van der Waals surface area contributed by atoms with Crippen molar-refractivity contribution in [1.82, 2.24) is 0 Å². The molecule has 0 aliphatic heterocycles. The summed E-state index contributed by atoms with van der Waals surface area (Å²) in [7, 11) is 6.49. The molecule has 1 aromatic rings. The van der Waals surface area contributed by atoms with Gasteiger partial charge in [0.05, 0.1) is 0 Å². The average Bonchev–Trinajstić information content (AvgIpc) is 2.58. The van der Waals surface area contributed by atoms with Gasteiger partial charge in [0.1, 0.15) is 0 Å². The van der Waals surface area contributed by atoms with E-state index < -0.39 is 17.0 Å². The second-order valence-electron chi connectivity index (χ2n) is 6.26. The van der Waals surface area contributed by atoms with Crippen molar-refractivity contribution in [3.63, 3.8) is 0 Å². The summed E-state index contributed by atoms with van der Waals surface area (Å²) in [4.78, 5) is 0. The van der Waals surface area contributed by atoms with E-state index in [2.05, 4.69) is 71.2 Å². The van der Waals surface area contributed by atoms with Crippen molar-refractivity contribution in [2.45, 2.75) is 29.3 Å². The Morgan fingerprint density at radius 3 is 1.92 bits per heavy atom. The maximum absolute atomic E-state index is 5.90. The minimum Gasteiger partial charge on any atom is -0.348 e. The Balaban J connectivity index is 2.80. The summed E-state index contributed by atoms with van der Waals surface area (Å²) < 4.78 is 24.8. The second kappa shape index (κ2) is 7.48. The van der Waals surface area contributed by atoms with Crippen LogP contribution in [-0.4, -0.2) is 43.9 Å². The lowest BCUT2D eigenvalue weighted by molar-refractivity contribution is -0.403. The summed E-state index contributed by atoms with van der Waals surface area (Å²) in [6, 6.07) is 8.31. The Hall–Kier alpha value is 0.260. The third-order valence-corrected chi connectivity index (χ3v) is 8.09. The van der Waals surface area contributed by atoms with Gasteiger partial charge in [0, 0.05) is 41.3 Å². The normalized spacial score (nSPS) is 24.5. The molecule has 1 aromatic carbocycles. The zero-order valence-corrected chi connectivity index (χ0v) is 19.2. The van der Waals surface area contributed by atoms with Crippen molar-refractivity contribution in [2.24, 2.45) is 5.41 Å². The zero-order valence-electron chi connectivity index (χ0n) is 14.9. The highest BCUT2D eigenvalue weighted by Gasteiger charge is 2.67. The molecule has 1 atom stereocenters. The van der Waals surface area contributed by atoms with E-state index in [1.165, 1.54) is 9.13 Å². The van der Waals surface area contributed by atoms with E-state index in [4.69, 9.17) is 18.9 Å². The lowest BCUT2D eigenvalue weighted by Crippen LogP contribution is -2.70. The van der Waals surface area contributed by atoms with Crippen LogP contribution in [0.3, 0.4) is 0 Å². The van der Waals surface area contributed by atoms with Crippen molar-refractivity contribution in [3.8, 4) is 0 Å². The maximum atomic E-state index is 5.90. The lowest BCUT2D eigenvalue weighted by atomic mass is 9.67. The first kappa shape index (κ1) is 20.6. The van der Waals surface area contributed by atoms with Gasteiger partial charge in [0.25, 0.3) is 0 Å². The van der Waals surface area contributed by atoms with Crippen LogP contribution in [0.15, 0.2) is 30.3 Å². The van der Waals surface area contributed by atoms with Crippen molar-refractivity contribution in [2.75, 3.05) is 28.4 Å². The van der Waals surface area contributed by atoms with E-state index in [1.54, 1.807) is 28.4 Å². The van der Waals surface area contributed by atoms with Crippen LogP contribution in [0.4, 0.5) is 0 Å². The number of methoxy groups -OCH3 is 4. The molecule has 1 aliphatic rings. The minimum atomic E-state index is -1.16. The molecule has 0 fully saturated rings. The molecule has 2 rings (SSSR count). The molecule has 0 aromatic heterocycles. The molecule has 0 radical (unpaired) electrons. The molecule has 1 aliphatic carbocycles. The molecule has 0 amide bonds. The monoisotopic (exact) mass is 558 g/mol. The van der Waals surface area contributed by atoms with Crippen LogP contribution < -0.4 is 0 Å². The van der Waals surface area contributed by atoms with Crippen LogP contribution in [0.25, 0.3) is 5.57 Å². The van der Waals surface area contributed by atoms with Gasteiger partial charge in [0.2, 0.25) is 11.6 Å². The van der Waals surface area contributed by atoms with Crippen LogP contribution >= 0.6 is 45.2 Å². The first-order valence-corrected chi connectivity index (χ1v) is 9.91. The lowest BCUT2D eigenvalue weighted by Gasteiger charge is -2.57. The molecule has 0 heterocycles. The highest BCUT2D eigenvalue weighted by atomic mass is 127. The Morgan fingerprint density at radius 2 is 1.46 bits per heavy atom. The molecule has 1 unspecified atom stereocenters. The van der Waals surface area contributed by atoms with Crippen molar-refractivity contribution in [1.29, 1.82) is 0 Å². The predicted molar refractivity (Wildman–Crippen MR) is 112 cm³/mol. The number of ether oxygens (including phenoxy) is 4. The van der Waals surface area contributed by atoms with Crippen LogP contribution in [0.1, 0.15) is 19.4 Å². The highest BCUT2D eigenvalue weighted by molar-refractivity contribution is 14.1. The van der Waals surface area contributed by atoms with Crippen LogP contribution in [0.5, 0.6) is 0 Å². The molecular formula is C18H24I2O4. The van der Waals surface area contributed by atoms with E-state index in [-0.39, 0.29) is 3.92 Å². The number of benzene rings is 1. The largest absolute Gasteiger partial charge is 0.348 e. The molecule has 0 saturated carbocycles. The number of halogens is 2. The number of hydrogen-bond acceptors (Lipinski definition) is 4. The average molecular weight is 558 g/mol. The van der Waals surface area contributed by atoms with Gasteiger partial charge in [-0.15, -0.1) is 0 Å². The van der Waals surface area contributed by atoms with Crippen LogP contribution in [0.2, 0.25) is 0 Å². The summed E-state index contributed by atoms with van der Waals surface area (Å²) in [5, 5.41) is 0. The predicted octanol–water partition coefficient (Wildman–Crippen LogP) is 4.50. The fraction of sp³-hybridized carbons (Fsp3) is 0.556. The number of hydrogen-bond donors (Lipinski definition) is 0. The van der Waals surface area contributed by atoms with Crippen molar-refractivity contribution < 1.29 is 18.9 Å². The van der Waals surface area contributed by atoms with Gasteiger partial charge < -0.3 is 18.9 Å². The van der Waals surface area contributed by atoms with E-state index in [9.17, 15) is 0 Å². The molecule has 6 heteroatoms. The quantitative estimate of drug-likeness (QED) is 0.303. The number of alkyl halides is 1. The first-order valence-electron chi connectivity index (χ1n) is 7.59. The van der Waals surface area contributed by atoms with E-state index in [1.807, 2.05) is 18.2 Å². The number of allylic oxidation sites excluding steroid dienone is 1. The second-order valence-corrected chi connectivity index (χ2v) is 8.67. The van der Waals surface area contributed by atoms with Gasteiger partial charge in [0.15, 0.2) is 0 Å². The molecule has 24 heavy (non-hydrogen) atoms. The fourth-order valence-corrected chi connectivity index (χ4v) is 5.28. The van der Waals surface area contributed by atoms with Gasteiger partial charge in [-0.1, -0.05) is 54.6 Å². The summed E-state index contributed by atoms with van der Waals surface area (Å²) in [6.45, 7) is 4.24. The summed E-state index contributed by atoms with van der Waals surface area (Å²) in [6.07, 6.45) is 2.00. The topological polar surface area (TPSA) is 36.9 Å². The molecule has 134 valence electrons. The maximum Gasteiger partial charge on any atom is 0.244 e. The highest BCUT2D eigenvalue weighted by Crippen LogP contribution is 2.57. The Labute approximate surface area is 171 Å². The van der Waals surface area contributed by atoms with E-state index in [0.29, 0.717) is 0 Å². The van der Waals surface area contributed by atoms with Gasteiger partial charge in [-0.3, -0.25) is 0 Å². The summed E-state index contributed by atoms with van der Waals surface area (Å²) in [5.41, 5.74) is 1.90. The van der Waals surface area contributed by atoms with E-state index in [0.717, 1.165) is 5.57 Å². The first-order chi connectivity index (χ1) is 11.3. The molecular weight excluding hydrogens is 534 g/mol. The molecule has 0 spiro atoms. The van der Waals surface area contributed by atoms with E-state index >= 15 is 0 Å². The standard InChI is InChI=1S/C18H24I2O4/c1-16(2)15(20)13(12-9-7-8-10-14(12)19)11-17(21-3,22-4)18(16,23-5)24-6/h7-11,15H,1-6H3. The summed E-state index contributed by atoms with van der Waals surface area (Å²) in [5.74, 6) is -2.24. The molecule has 0 N–H and O–H groups in total. The van der Waals surface area contributed by atoms with Gasteiger partial charge in [-0.25, -0.2) is 0 Å². The van der Waals surface area contributed by atoms with Gasteiger partial charge in [-0.05, 0) is 45.9 Å². The van der Waals surface area contributed by atoms with Gasteiger partial charge in [-0.2, -0.15) is 0 Å². The van der Waals surface area contributed by atoms with Crippen molar-refractivity contribution in [3.05, 3.63) is 39.5 Å². The SMILES string of the molecule is COC1(OC)C=C(c2ccccc2I)C(I)C(C)(C)C1(OC)OC. The smallest absolute Gasteiger partial charge is 0.244 e. The number of rotatable bonds is 5. The third kappa shape index (κ3) is 2.77. The molecule has 0 saturated heterocycles. The third-order valence-electron chi connectivity index (χ3n) is 4.93. The van der Waals surface area contributed by atoms with Crippen molar-refractivity contribution >= 4 is 50.8 Å². The van der Waals surface area contributed by atoms with Crippen LogP contribution in [0, 0.1) is 8.99 Å². The Bertz CT molecular complexity index is 619. The molecule has 4 nitrogen and oxygen atoms in total. The zero-order chi connectivity index (χ0) is 18.2.